The van der Waals surface area contributed by atoms with E-state index in [1.54, 1.807) is 6.07 Å². The molecule has 0 aromatic carbocycles. The average Bonchev–Trinajstić information content (AvgIpc) is 2.81. The molecule has 0 radical (unpaired) electrons. The van der Waals surface area contributed by atoms with Gasteiger partial charge in [-0.2, -0.15) is 0 Å². The van der Waals surface area contributed by atoms with E-state index >= 15 is 0 Å². The summed E-state index contributed by atoms with van der Waals surface area (Å²) < 4.78 is 27.7. The molecule has 2 heterocycles. The van der Waals surface area contributed by atoms with E-state index in [-0.39, 0.29) is 6.04 Å². The molecule has 0 amide bonds. The van der Waals surface area contributed by atoms with E-state index in [0.29, 0.717) is 11.4 Å². The van der Waals surface area contributed by atoms with E-state index in [2.05, 4.69) is 9.62 Å². The third kappa shape index (κ3) is 4.50. The van der Waals surface area contributed by atoms with Gasteiger partial charge in [-0.05, 0) is 45.8 Å². The Kier molecular flexibility index (Phi) is 5.79. The van der Waals surface area contributed by atoms with Crippen LogP contribution in [0.25, 0.3) is 0 Å². The van der Waals surface area contributed by atoms with Crippen LogP contribution in [-0.2, 0) is 16.6 Å². The molecule has 0 aliphatic carbocycles. The molecule has 1 aliphatic heterocycles. The van der Waals surface area contributed by atoms with Gasteiger partial charge >= 0.3 is 0 Å². The lowest BCUT2D eigenvalue weighted by atomic mass is 10.1. The first kappa shape index (κ1) is 16.9. The third-order valence-electron chi connectivity index (χ3n) is 3.75. The predicted molar refractivity (Wildman–Crippen MR) is 87.0 cm³/mol. The van der Waals surface area contributed by atoms with Crippen LogP contribution in [0.3, 0.4) is 0 Å². The quantitative estimate of drug-likeness (QED) is 0.831. The molecule has 1 aliphatic rings. The predicted octanol–water partition coefficient (Wildman–Crippen LogP) is 1.67. The maximum absolute atomic E-state index is 12.5. The molecule has 1 saturated heterocycles. The number of hydrogen-bond acceptors (Lipinski definition) is 5. The summed E-state index contributed by atoms with van der Waals surface area (Å²) in [6.07, 6.45) is 3.71. The zero-order valence-electron chi connectivity index (χ0n) is 12.8. The molecular weight excluding hydrogens is 306 g/mol. The minimum absolute atomic E-state index is 0.0891. The third-order valence-corrected chi connectivity index (χ3v) is 6.67. The number of thiophene rings is 1. The van der Waals surface area contributed by atoms with Gasteiger partial charge in [-0.1, -0.05) is 6.42 Å². The van der Waals surface area contributed by atoms with Crippen LogP contribution >= 0.6 is 11.3 Å². The van der Waals surface area contributed by atoms with Crippen LogP contribution in [0.5, 0.6) is 0 Å². The van der Waals surface area contributed by atoms with Crippen molar-refractivity contribution < 1.29 is 8.42 Å². The Morgan fingerprint density at radius 1 is 1.38 bits per heavy atom. The Labute approximate surface area is 131 Å². The van der Waals surface area contributed by atoms with Crippen molar-refractivity contribution in [2.24, 2.45) is 5.73 Å². The highest BCUT2D eigenvalue weighted by molar-refractivity contribution is 7.89. The molecule has 21 heavy (non-hydrogen) atoms. The lowest BCUT2D eigenvalue weighted by molar-refractivity contribution is 0.215. The Morgan fingerprint density at radius 3 is 2.62 bits per heavy atom. The highest BCUT2D eigenvalue weighted by Crippen LogP contribution is 2.25. The fourth-order valence-corrected chi connectivity index (χ4v) is 5.54. The first-order chi connectivity index (χ1) is 9.92. The number of piperidine rings is 1. The number of likely N-dealkylation sites (tertiary alicyclic amines) is 1. The number of rotatable bonds is 6. The summed E-state index contributed by atoms with van der Waals surface area (Å²) >= 11 is 1.45. The molecule has 3 N–H and O–H groups in total. The highest BCUT2D eigenvalue weighted by atomic mass is 32.2. The molecule has 120 valence electrons. The van der Waals surface area contributed by atoms with E-state index < -0.39 is 10.0 Å². The van der Waals surface area contributed by atoms with Crippen LogP contribution in [0.2, 0.25) is 0 Å². The van der Waals surface area contributed by atoms with Crippen molar-refractivity contribution >= 4 is 21.4 Å². The van der Waals surface area contributed by atoms with Gasteiger partial charge < -0.3 is 10.6 Å². The Morgan fingerprint density at radius 2 is 2.05 bits per heavy atom. The summed E-state index contributed by atoms with van der Waals surface area (Å²) in [5, 5.41) is 0. The van der Waals surface area contributed by atoms with E-state index in [9.17, 15) is 8.42 Å². The first-order valence-electron chi connectivity index (χ1n) is 7.46. The molecule has 2 rings (SSSR count). The molecule has 5 nitrogen and oxygen atoms in total. The SMILES string of the molecule is Cc1sc(CN)cc1S(=O)(=O)NC(C)CN1CCCCC1. The Balaban J connectivity index is 2.00. The Hall–Kier alpha value is -0.470. The largest absolute Gasteiger partial charge is 0.326 e. The van der Waals surface area contributed by atoms with Crippen molar-refractivity contribution in [1.82, 2.24) is 9.62 Å². The monoisotopic (exact) mass is 331 g/mol. The van der Waals surface area contributed by atoms with Crippen LogP contribution in [0.4, 0.5) is 0 Å². The number of nitrogens with one attached hydrogen (secondary N) is 1. The Bertz CT molecular complexity index is 563. The number of nitrogens with two attached hydrogens (primary N) is 1. The van der Waals surface area contributed by atoms with E-state index in [1.165, 1.54) is 30.6 Å². The lowest BCUT2D eigenvalue weighted by Gasteiger charge is -2.29. The molecule has 1 aromatic heterocycles. The van der Waals surface area contributed by atoms with Gasteiger partial charge in [-0.15, -0.1) is 11.3 Å². The molecule has 7 heteroatoms. The van der Waals surface area contributed by atoms with Crippen molar-refractivity contribution in [3.63, 3.8) is 0 Å². The smallest absolute Gasteiger partial charge is 0.241 e. The normalized spacial score (nSPS) is 18.8. The maximum atomic E-state index is 12.5. The van der Waals surface area contributed by atoms with Gasteiger partial charge in [0.25, 0.3) is 0 Å². The molecule has 0 saturated carbocycles. The van der Waals surface area contributed by atoms with Gasteiger partial charge in [0.15, 0.2) is 0 Å². The number of sulfonamides is 1. The van der Waals surface area contributed by atoms with Crippen molar-refractivity contribution in [3.8, 4) is 0 Å². The topological polar surface area (TPSA) is 75.4 Å². The average molecular weight is 332 g/mol. The maximum Gasteiger partial charge on any atom is 0.241 e. The molecule has 1 fully saturated rings. The minimum Gasteiger partial charge on any atom is -0.326 e. The zero-order valence-corrected chi connectivity index (χ0v) is 14.4. The van der Waals surface area contributed by atoms with Crippen molar-refractivity contribution in [2.45, 2.75) is 50.6 Å². The first-order valence-corrected chi connectivity index (χ1v) is 9.76. The summed E-state index contributed by atoms with van der Waals surface area (Å²) in [5.74, 6) is 0. The number of nitrogens with zero attached hydrogens (tertiary/aromatic N) is 1. The van der Waals surface area contributed by atoms with Gasteiger partial charge in [0.05, 0.1) is 4.90 Å². The van der Waals surface area contributed by atoms with Gasteiger partial charge in [-0.3, -0.25) is 0 Å². The molecule has 0 spiro atoms. The molecular formula is C14H25N3O2S2. The zero-order chi connectivity index (χ0) is 15.5. The van der Waals surface area contributed by atoms with Crippen LogP contribution in [-0.4, -0.2) is 39.0 Å². The molecule has 1 aromatic rings. The second-order valence-electron chi connectivity index (χ2n) is 5.72. The number of aryl methyl sites for hydroxylation is 1. The standard InChI is InChI=1S/C14H25N3O2S2/c1-11(10-17-6-4-3-5-7-17)16-21(18,19)14-8-13(9-15)20-12(14)2/h8,11,16H,3-7,9-10,15H2,1-2H3. The minimum atomic E-state index is -3.45. The summed E-state index contributed by atoms with van der Waals surface area (Å²) in [5.41, 5.74) is 5.59. The van der Waals surface area contributed by atoms with Gasteiger partial charge in [-0.25, -0.2) is 13.1 Å². The summed E-state index contributed by atoms with van der Waals surface area (Å²) in [7, 11) is -3.45. The lowest BCUT2D eigenvalue weighted by Crippen LogP contribution is -2.43. The summed E-state index contributed by atoms with van der Waals surface area (Å²) in [6, 6.07) is 1.60. The molecule has 1 atom stereocenters. The second-order valence-corrected chi connectivity index (χ2v) is 8.74. The van der Waals surface area contributed by atoms with E-state index in [1.807, 2.05) is 13.8 Å². The molecule has 0 bridgehead atoms. The van der Waals surface area contributed by atoms with Crippen LogP contribution < -0.4 is 10.5 Å². The van der Waals surface area contributed by atoms with Gasteiger partial charge in [0, 0.05) is 28.9 Å². The van der Waals surface area contributed by atoms with Crippen LogP contribution in [0.1, 0.15) is 35.9 Å². The number of hydrogen-bond donors (Lipinski definition) is 2. The highest BCUT2D eigenvalue weighted by Gasteiger charge is 2.23. The molecule has 1 unspecified atom stereocenters. The van der Waals surface area contributed by atoms with E-state index in [4.69, 9.17) is 5.73 Å². The van der Waals surface area contributed by atoms with Gasteiger partial charge in [0.1, 0.15) is 0 Å². The van der Waals surface area contributed by atoms with Crippen molar-refractivity contribution in [3.05, 3.63) is 15.8 Å². The fraction of sp³-hybridized carbons (Fsp3) is 0.714. The fourth-order valence-electron chi connectivity index (χ4n) is 2.79. The summed E-state index contributed by atoms with van der Waals surface area (Å²) in [4.78, 5) is 4.41. The van der Waals surface area contributed by atoms with Crippen molar-refractivity contribution in [2.75, 3.05) is 19.6 Å². The van der Waals surface area contributed by atoms with Crippen molar-refractivity contribution in [1.29, 1.82) is 0 Å². The van der Waals surface area contributed by atoms with Gasteiger partial charge in [0.2, 0.25) is 10.0 Å². The summed E-state index contributed by atoms with van der Waals surface area (Å²) in [6.45, 7) is 7.05. The van der Waals surface area contributed by atoms with Crippen LogP contribution in [0.15, 0.2) is 11.0 Å². The van der Waals surface area contributed by atoms with E-state index in [0.717, 1.165) is 29.4 Å². The second kappa shape index (κ2) is 7.19. The van der Waals surface area contributed by atoms with Crippen LogP contribution in [0, 0.1) is 6.92 Å².